The highest BCUT2D eigenvalue weighted by atomic mass is 35.5. The van der Waals surface area contributed by atoms with E-state index in [1.165, 1.54) is 30.9 Å². The summed E-state index contributed by atoms with van der Waals surface area (Å²) in [5.41, 5.74) is 6.06. The monoisotopic (exact) mass is 760 g/mol. The number of aromatic nitrogens is 3. The number of benzene rings is 2. The van der Waals surface area contributed by atoms with E-state index in [1.54, 1.807) is 25.1 Å². The Kier molecular flexibility index (Phi) is 10.9. The van der Waals surface area contributed by atoms with E-state index in [2.05, 4.69) is 31.8 Å². The van der Waals surface area contributed by atoms with Gasteiger partial charge in [-0.25, -0.2) is 9.37 Å². The summed E-state index contributed by atoms with van der Waals surface area (Å²) in [6.45, 7) is 7.62. The number of likely N-dealkylation sites (tertiary alicyclic amines) is 1. The number of nitrogens with zero attached hydrogens (tertiary/aromatic N) is 4. The van der Waals surface area contributed by atoms with Crippen LogP contribution in [0.1, 0.15) is 92.2 Å². The number of hydrogen-bond donors (Lipinski definition) is 3. The topological polar surface area (TPSA) is 118 Å². The lowest BCUT2D eigenvalue weighted by Crippen LogP contribution is -2.31. The van der Waals surface area contributed by atoms with E-state index in [-0.39, 0.29) is 34.8 Å². The van der Waals surface area contributed by atoms with Crippen LogP contribution < -0.4 is 5.32 Å². The van der Waals surface area contributed by atoms with Crippen LogP contribution in [0.4, 0.5) is 4.39 Å². The van der Waals surface area contributed by atoms with Gasteiger partial charge in [-0.15, -0.1) is 0 Å². The molecule has 3 aliphatic heterocycles. The minimum atomic E-state index is -0.484. The molecule has 2 bridgehead atoms. The maximum Gasteiger partial charge on any atom is 0.226 e. The standard InChI is InChI=1S/C29H25Cl2FN4O.C6H9NOS.C5H9N/c1-15-19-14-22(23-8-4-12-36(23)29(37)16-9-10-16)35-27(19)20-13-17(5-3-11-33)24(26(32)28(20)34-15)18-6-2-7-21(30)25(18)31;1-4-3-9-7-6(4)5(2)8;1-4-2-5(1)6-3-4/h2,6-7,13-14,16,23,35H,3-5,8-10,12H2,1H3;3,5,8H,1-2H3;4-6H,1-3H2. The average Bonchev–Trinajstić information content (AvgIpc) is 3.67. The maximum atomic E-state index is 16.3. The second-order valence-corrected chi connectivity index (χ2v) is 16.0. The second-order valence-electron chi connectivity index (χ2n) is 14.6. The van der Waals surface area contributed by atoms with E-state index in [4.69, 9.17) is 28.3 Å². The molecule has 12 heteroatoms. The molecule has 5 fully saturated rings. The lowest BCUT2D eigenvalue weighted by Gasteiger charge is -2.24. The Morgan fingerprint density at radius 1 is 1.19 bits per heavy atom. The van der Waals surface area contributed by atoms with Crippen LogP contribution in [0.3, 0.4) is 0 Å². The first-order valence-corrected chi connectivity index (χ1v) is 19.7. The number of pyridine rings is 1. The summed E-state index contributed by atoms with van der Waals surface area (Å²) in [5.74, 6) is 1.01. The van der Waals surface area contributed by atoms with E-state index in [1.807, 2.05) is 30.2 Å². The van der Waals surface area contributed by atoms with Crippen molar-refractivity contribution in [3.05, 3.63) is 79.8 Å². The fraction of sp³-hybridized carbons (Fsp3) is 0.450. The SMILES string of the molecule is C1NC2CC1C2.Cc1csnc1C(C)O.Cc1nc2c(F)c(-c3cccc(Cl)c3Cl)c(CCC#N)cc2c2[nH]c(C3CCCN3C(=O)C3CC3)cc12. The van der Waals surface area contributed by atoms with Gasteiger partial charge in [-0.3, -0.25) is 4.79 Å². The first-order chi connectivity index (χ1) is 25.0. The zero-order valence-corrected chi connectivity index (χ0v) is 31.9. The Morgan fingerprint density at radius 2 is 1.98 bits per heavy atom. The molecule has 2 saturated carbocycles. The number of H-pyrrole nitrogens is 1. The number of carbonyl (C=O) groups excluding carboxylic acids is 1. The number of amides is 1. The Balaban J connectivity index is 0.000000229. The molecule has 3 saturated heterocycles. The largest absolute Gasteiger partial charge is 0.387 e. The zero-order chi connectivity index (χ0) is 36.7. The van der Waals surface area contributed by atoms with Crippen molar-refractivity contribution >= 4 is 62.4 Å². The van der Waals surface area contributed by atoms with Crippen LogP contribution in [-0.4, -0.2) is 49.4 Å². The van der Waals surface area contributed by atoms with Gasteiger partial charge in [0.15, 0.2) is 5.82 Å². The van der Waals surface area contributed by atoms with Crippen LogP contribution in [0.25, 0.3) is 32.9 Å². The zero-order valence-electron chi connectivity index (χ0n) is 29.6. The van der Waals surface area contributed by atoms with Crippen molar-refractivity contribution in [2.75, 3.05) is 13.1 Å². The van der Waals surface area contributed by atoms with Crippen molar-refractivity contribution in [1.82, 2.24) is 24.6 Å². The fourth-order valence-electron chi connectivity index (χ4n) is 7.77. The Hall–Kier alpha value is -3.59. The van der Waals surface area contributed by atoms with Crippen LogP contribution in [0.15, 0.2) is 35.7 Å². The van der Waals surface area contributed by atoms with Crippen molar-refractivity contribution in [1.29, 1.82) is 5.26 Å². The molecule has 272 valence electrons. The van der Waals surface area contributed by atoms with Crippen LogP contribution in [0, 0.1) is 42.8 Å². The number of aliphatic hydroxyl groups is 1. The summed E-state index contributed by atoms with van der Waals surface area (Å²) in [4.78, 5) is 23.1. The summed E-state index contributed by atoms with van der Waals surface area (Å²) in [7, 11) is 0. The molecule has 2 atom stereocenters. The molecular formula is C40H43Cl2FN6O2S. The summed E-state index contributed by atoms with van der Waals surface area (Å²) in [5, 5.41) is 25.8. The Labute approximate surface area is 317 Å². The molecule has 52 heavy (non-hydrogen) atoms. The lowest BCUT2D eigenvalue weighted by molar-refractivity contribution is -0.133. The molecule has 0 spiro atoms. The van der Waals surface area contributed by atoms with Gasteiger partial charge in [0.2, 0.25) is 5.91 Å². The highest BCUT2D eigenvalue weighted by molar-refractivity contribution is 7.03. The minimum absolute atomic E-state index is 0.0117. The predicted molar refractivity (Wildman–Crippen MR) is 206 cm³/mol. The molecule has 5 aromatic rings. The van der Waals surface area contributed by atoms with Gasteiger partial charge in [-0.05, 0) is 119 Å². The maximum absolute atomic E-state index is 16.3. The molecule has 6 heterocycles. The highest BCUT2D eigenvalue weighted by Crippen LogP contribution is 2.43. The van der Waals surface area contributed by atoms with Gasteiger partial charge >= 0.3 is 0 Å². The van der Waals surface area contributed by atoms with Gasteiger partial charge in [0.05, 0.1) is 39.5 Å². The smallest absolute Gasteiger partial charge is 0.226 e. The predicted octanol–water partition coefficient (Wildman–Crippen LogP) is 9.54. The van der Waals surface area contributed by atoms with Crippen LogP contribution in [0.5, 0.6) is 0 Å². The number of fused-ring (bicyclic) bond motifs is 4. The van der Waals surface area contributed by atoms with Gasteiger partial charge < -0.3 is 20.3 Å². The van der Waals surface area contributed by atoms with E-state index in [9.17, 15) is 10.1 Å². The lowest BCUT2D eigenvalue weighted by atomic mass is 9.87. The molecule has 10 rings (SSSR count). The van der Waals surface area contributed by atoms with Gasteiger partial charge in [-0.1, -0.05) is 35.3 Å². The molecule has 8 nitrogen and oxygen atoms in total. The number of rotatable bonds is 6. The third-order valence-electron chi connectivity index (χ3n) is 10.8. The van der Waals surface area contributed by atoms with Gasteiger partial charge in [0, 0.05) is 63.6 Å². The van der Waals surface area contributed by atoms with E-state index in [0.29, 0.717) is 39.2 Å². The molecule has 1 amide bonds. The molecule has 5 aliphatic rings. The quantitative estimate of drug-likeness (QED) is 0.159. The summed E-state index contributed by atoms with van der Waals surface area (Å²) in [6, 6.07) is 12.2. The summed E-state index contributed by atoms with van der Waals surface area (Å²) < 4.78 is 20.3. The van der Waals surface area contributed by atoms with Crippen LogP contribution in [-0.2, 0) is 11.2 Å². The first kappa shape index (κ1) is 36.8. The van der Waals surface area contributed by atoms with Crippen molar-refractivity contribution in [2.45, 2.75) is 90.3 Å². The molecule has 2 aliphatic carbocycles. The van der Waals surface area contributed by atoms with Crippen molar-refractivity contribution in [2.24, 2.45) is 11.8 Å². The third-order valence-corrected chi connectivity index (χ3v) is 12.3. The number of aryl methyl sites for hydroxylation is 3. The van der Waals surface area contributed by atoms with Crippen molar-refractivity contribution < 1.29 is 14.3 Å². The van der Waals surface area contributed by atoms with E-state index in [0.717, 1.165) is 72.0 Å². The van der Waals surface area contributed by atoms with Crippen molar-refractivity contribution in [3.8, 4) is 17.2 Å². The normalized spacial score (nSPS) is 20.9. The molecule has 2 unspecified atom stereocenters. The number of aromatic amines is 1. The number of nitriles is 1. The fourth-order valence-corrected chi connectivity index (χ4v) is 8.91. The molecule has 3 N–H and O–H groups in total. The molecular weight excluding hydrogens is 718 g/mol. The third kappa shape index (κ3) is 7.31. The van der Waals surface area contributed by atoms with Crippen LogP contribution >= 0.6 is 34.7 Å². The Bertz CT molecular complexity index is 2150. The number of nitrogens with one attached hydrogen (secondary N) is 2. The molecule has 3 aromatic heterocycles. The number of halogens is 3. The average molecular weight is 762 g/mol. The number of hydrogen-bond acceptors (Lipinski definition) is 7. The minimum Gasteiger partial charge on any atom is -0.387 e. The first-order valence-electron chi connectivity index (χ1n) is 18.1. The van der Waals surface area contributed by atoms with Gasteiger partial charge in [-0.2, -0.15) is 9.64 Å². The van der Waals surface area contributed by atoms with Gasteiger partial charge in [0.1, 0.15) is 5.52 Å². The van der Waals surface area contributed by atoms with Crippen molar-refractivity contribution in [3.63, 3.8) is 0 Å². The molecule has 2 aromatic carbocycles. The second kappa shape index (κ2) is 15.4. The van der Waals surface area contributed by atoms with Gasteiger partial charge in [0.25, 0.3) is 0 Å². The highest BCUT2D eigenvalue weighted by Gasteiger charge is 2.39. The van der Waals surface area contributed by atoms with Crippen LogP contribution in [0.2, 0.25) is 10.0 Å². The van der Waals surface area contributed by atoms with E-state index >= 15 is 4.39 Å². The van der Waals surface area contributed by atoms with E-state index < -0.39 is 11.9 Å². The summed E-state index contributed by atoms with van der Waals surface area (Å²) >= 11 is 14.1. The number of carbonyl (C=O) groups is 1. The summed E-state index contributed by atoms with van der Waals surface area (Å²) in [6.07, 6.45) is 6.93. The number of aliphatic hydroxyl groups excluding tert-OH is 1. The molecule has 0 radical (unpaired) electrons. The Morgan fingerprint density at radius 3 is 2.58 bits per heavy atom.